The van der Waals surface area contributed by atoms with E-state index >= 15 is 0 Å². The highest BCUT2D eigenvalue weighted by Gasteiger charge is 2.22. The highest BCUT2D eigenvalue weighted by molar-refractivity contribution is 6.07. The second kappa shape index (κ2) is 19.4. The Balaban J connectivity index is 0.992. The highest BCUT2D eigenvalue weighted by Crippen LogP contribution is 2.38. The van der Waals surface area contributed by atoms with E-state index in [1.807, 2.05) is 0 Å². The topological polar surface area (TPSA) is 201 Å². The summed E-state index contributed by atoms with van der Waals surface area (Å²) in [6, 6.07) is 25.4. The van der Waals surface area contributed by atoms with E-state index in [2.05, 4.69) is 10.6 Å². The summed E-state index contributed by atoms with van der Waals surface area (Å²) < 4.78 is 43.7. The number of carbonyl (C=O) groups excluding carboxylic acids is 4. The number of hydrogen-bond acceptors (Lipinski definition) is 11. The number of esters is 2. The summed E-state index contributed by atoms with van der Waals surface area (Å²) >= 11 is 0. The van der Waals surface area contributed by atoms with Crippen molar-refractivity contribution in [3.63, 3.8) is 0 Å². The smallest absolute Gasteiger partial charge is 0.322 e. The van der Waals surface area contributed by atoms with E-state index in [1.165, 1.54) is 84.9 Å². The average Bonchev–Trinajstić information content (AvgIpc) is 3.21. The minimum atomic E-state index is -1.26. The van der Waals surface area contributed by atoms with Gasteiger partial charge in [0.2, 0.25) is 11.8 Å². The van der Waals surface area contributed by atoms with Gasteiger partial charge in [0.05, 0.1) is 0 Å². The SMILES string of the molecule is Cc1cc(NC(=O)CC(=O)OC(=O)CC(=O)Nc2cc(C)c(Oc3ccc(O)c(C(O)c4ccc(F)cc4)c3)c(C)c2)cc(C)c1Oc1ccc(O)c(C(O)c2ccc(F)cc2)c1. The van der Waals surface area contributed by atoms with Gasteiger partial charge in [0.1, 0.15) is 71.2 Å². The molecule has 0 aliphatic carbocycles. The number of phenolic OH excluding ortho intramolecular Hbond substituents is 2. The fourth-order valence-electron chi connectivity index (χ4n) is 6.75. The van der Waals surface area contributed by atoms with Crippen LogP contribution >= 0.6 is 0 Å². The van der Waals surface area contributed by atoms with E-state index in [-0.39, 0.29) is 34.1 Å². The molecule has 2 atom stereocenters. The molecule has 324 valence electrons. The van der Waals surface area contributed by atoms with Gasteiger partial charge in [0, 0.05) is 22.5 Å². The molecule has 0 radical (unpaired) electrons. The molecule has 0 aromatic heterocycles. The van der Waals surface area contributed by atoms with Crippen molar-refractivity contribution >= 4 is 35.1 Å². The zero-order valence-corrected chi connectivity index (χ0v) is 34.4. The normalized spacial score (nSPS) is 11.9. The van der Waals surface area contributed by atoms with Crippen molar-refractivity contribution < 1.29 is 62.6 Å². The molecule has 2 amide bonds. The van der Waals surface area contributed by atoms with Crippen LogP contribution in [-0.4, -0.2) is 44.2 Å². The lowest BCUT2D eigenvalue weighted by molar-refractivity contribution is -0.160. The average molecular weight is 861 g/mol. The number of amides is 2. The van der Waals surface area contributed by atoms with Gasteiger partial charge in [-0.05, 0) is 146 Å². The lowest BCUT2D eigenvalue weighted by Gasteiger charge is -2.17. The Kier molecular flexibility index (Phi) is 13.8. The van der Waals surface area contributed by atoms with Gasteiger partial charge in [-0.2, -0.15) is 0 Å². The first-order chi connectivity index (χ1) is 29.9. The first-order valence-corrected chi connectivity index (χ1v) is 19.4. The number of nitrogens with one attached hydrogen (secondary N) is 2. The molecular weight excluding hydrogens is 819 g/mol. The summed E-state index contributed by atoms with van der Waals surface area (Å²) in [5.41, 5.74) is 3.97. The first kappa shape index (κ1) is 44.9. The summed E-state index contributed by atoms with van der Waals surface area (Å²) in [4.78, 5) is 50.4. The molecule has 0 saturated carbocycles. The molecule has 0 aliphatic rings. The van der Waals surface area contributed by atoms with Crippen molar-refractivity contribution in [3.8, 4) is 34.5 Å². The lowest BCUT2D eigenvalue weighted by atomic mass is 10.0. The molecule has 0 heterocycles. The Hall–Kier alpha value is -7.62. The van der Waals surface area contributed by atoms with Crippen LogP contribution in [0.1, 0.15) is 69.6 Å². The molecule has 0 saturated heterocycles. The number of aryl methyl sites for hydroxylation is 4. The summed E-state index contributed by atoms with van der Waals surface area (Å²) in [7, 11) is 0. The van der Waals surface area contributed by atoms with Gasteiger partial charge < -0.3 is 45.3 Å². The van der Waals surface area contributed by atoms with E-state index in [0.717, 1.165) is 0 Å². The van der Waals surface area contributed by atoms with Crippen LogP contribution in [0.2, 0.25) is 0 Å². The van der Waals surface area contributed by atoms with Gasteiger partial charge in [-0.15, -0.1) is 0 Å². The number of ether oxygens (including phenoxy) is 3. The third kappa shape index (κ3) is 11.4. The number of aliphatic hydroxyl groups excluding tert-OH is 2. The number of anilines is 2. The van der Waals surface area contributed by atoms with E-state index in [1.54, 1.807) is 52.0 Å². The minimum Gasteiger partial charge on any atom is -0.508 e. The van der Waals surface area contributed by atoms with Gasteiger partial charge in [-0.3, -0.25) is 19.2 Å². The van der Waals surface area contributed by atoms with Crippen molar-refractivity contribution in [1.82, 2.24) is 0 Å². The van der Waals surface area contributed by atoms with Crippen LogP contribution in [0.3, 0.4) is 0 Å². The maximum Gasteiger partial charge on any atom is 0.322 e. The molecule has 0 bridgehead atoms. The second-order valence-corrected chi connectivity index (χ2v) is 14.7. The van der Waals surface area contributed by atoms with Crippen LogP contribution in [-0.2, 0) is 23.9 Å². The quantitative estimate of drug-likeness (QED) is 0.0452. The molecule has 6 rings (SSSR count). The lowest BCUT2D eigenvalue weighted by Crippen LogP contribution is -2.23. The number of benzene rings is 6. The number of aromatic hydroxyl groups is 2. The van der Waals surface area contributed by atoms with Gasteiger partial charge in [0.15, 0.2) is 0 Å². The van der Waals surface area contributed by atoms with E-state index < -0.39 is 60.4 Å². The fraction of sp³-hybridized carbons (Fsp3) is 0.167. The molecule has 0 aliphatic heterocycles. The summed E-state index contributed by atoms with van der Waals surface area (Å²) in [6.45, 7) is 6.87. The van der Waals surface area contributed by atoms with Crippen LogP contribution in [0.25, 0.3) is 0 Å². The number of carbonyl (C=O) groups is 4. The summed E-state index contributed by atoms with van der Waals surface area (Å²) in [5, 5.41) is 47.6. The molecule has 15 heteroatoms. The fourth-order valence-corrected chi connectivity index (χ4v) is 6.75. The van der Waals surface area contributed by atoms with Gasteiger partial charge in [-0.1, -0.05) is 24.3 Å². The van der Waals surface area contributed by atoms with Crippen molar-refractivity contribution in [1.29, 1.82) is 0 Å². The van der Waals surface area contributed by atoms with Crippen LogP contribution in [0, 0.1) is 39.3 Å². The number of phenols is 2. The Morgan fingerprint density at radius 1 is 0.524 bits per heavy atom. The standard InChI is InChI=1S/C48H42F2N2O11/c1-25-17-33(18-26(2)47(25)61-35-13-15-39(53)37(21-35)45(59)29-5-9-31(49)10-6-29)51-41(55)23-43(57)63-44(58)24-42(56)52-34-19-27(3)48(28(4)20-34)62-36-14-16-40(54)38(22-36)46(60)30-7-11-32(50)12-8-30/h5-22,45-46,53-54,59-60H,23-24H2,1-4H3,(H,51,55)(H,52,56). The van der Waals surface area contributed by atoms with Gasteiger partial charge in [-0.25, -0.2) is 8.78 Å². The number of rotatable bonds is 14. The summed E-state index contributed by atoms with van der Waals surface area (Å²) in [5.74, 6) is -3.86. The van der Waals surface area contributed by atoms with Crippen molar-refractivity contribution in [2.75, 3.05) is 10.6 Å². The molecule has 6 N–H and O–H groups in total. The van der Waals surface area contributed by atoms with Crippen LogP contribution < -0.4 is 20.1 Å². The third-order valence-electron chi connectivity index (χ3n) is 9.72. The van der Waals surface area contributed by atoms with Crippen LogP contribution in [0.15, 0.2) is 109 Å². The Bertz CT molecular complexity index is 2470. The zero-order valence-electron chi connectivity index (χ0n) is 34.4. The molecule has 0 spiro atoms. The van der Waals surface area contributed by atoms with Crippen molar-refractivity contribution in [2.45, 2.75) is 52.7 Å². The van der Waals surface area contributed by atoms with Crippen molar-refractivity contribution in [2.24, 2.45) is 0 Å². The molecule has 6 aromatic rings. The predicted octanol–water partition coefficient (Wildman–Crippen LogP) is 8.78. The van der Waals surface area contributed by atoms with Crippen LogP contribution in [0.4, 0.5) is 20.2 Å². The monoisotopic (exact) mass is 860 g/mol. The second-order valence-electron chi connectivity index (χ2n) is 14.7. The number of hydrogen-bond donors (Lipinski definition) is 6. The van der Waals surface area contributed by atoms with E-state index in [4.69, 9.17) is 14.2 Å². The number of halogens is 2. The highest BCUT2D eigenvalue weighted by atomic mass is 19.1. The predicted molar refractivity (Wildman–Crippen MR) is 227 cm³/mol. The zero-order chi connectivity index (χ0) is 45.5. The van der Waals surface area contributed by atoms with Gasteiger partial charge >= 0.3 is 11.9 Å². The Morgan fingerprint density at radius 2 is 0.857 bits per heavy atom. The molecular formula is C48H42F2N2O11. The van der Waals surface area contributed by atoms with E-state index in [0.29, 0.717) is 56.3 Å². The largest absolute Gasteiger partial charge is 0.508 e. The molecule has 13 nitrogen and oxygen atoms in total. The summed E-state index contributed by atoms with van der Waals surface area (Å²) in [6.07, 6.45) is -4.18. The third-order valence-corrected chi connectivity index (χ3v) is 9.72. The molecule has 6 aromatic carbocycles. The molecule has 2 unspecified atom stereocenters. The van der Waals surface area contributed by atoms with Crippen molar-refractivity contribution in [3.05, 3.63) is 165 Å². The van der Waals surface area contributed by atoms with Gasteiger partial charge in [0.25, 0.3) is 0 Å². The Morgan fingerprint density at radius 3 is 1.19 bits per heavy atom. The molecule has 63 heavy (non-hydrogen) atoms. The first-order valence-electron chi connectivity index (χ1n) is 19.4. The maximum atomic E-state index is 13.4. The van der Waals surface area contributed by atoms with E-state index in [9.17, 15) is 48.4 Å². The number of aliphatic hydroxyl groups is 2. The van der Waals surface area contributed by atoms with Crippen LogP contribution in [0.5, 0.6) is 34.5 Å². The minimum absolute atomic E-state index is 0.138. The molecule has 0 fully saturated rings. The Labute approximate surface area is 360 Å². The maximum absolute atomic E-state index is 13.4.